The Morgan fingerprint density at radius 2 is 2.39 bits per heavy atom. The minimum atomic E-state index is 0.0976. The second-order valence-electron chi connectivity index (χ2n) is 5.23. The van der Waals surface area contributed by atoms with Gasteiger partial charge in [-0.05, 0) is 38.6 Å². The predicted octanol–water partition coefficient (Wildman–Crippen LogP) is 2.49. The van der Waals surface area contributed by atoms with Gasteiger partial charge in [-0.3, -0.25) is 4.79 Å². The molecule has 1 aromatic rings. The molecule has 1 saturated carbocycles. The van der Waals surface area contributed by atoms with E-state index in [-0.39, 0.29) is 5.91 Å². The van der Waals surface area contributed by atoms with Crippen molar-refractivity contribution in [3.63, 3.8) is 0 Å². The molecule has 3 rings (SSSR count). The molecular formula is C13H19N3OS. The van der Waals surface area contributed by atoms with Crippen LogP contribution in [0.5, 0.6) is 0 Å². The highest BCUT2D eigenvalue weighted by atomic mass is 32.1. The molecule has 1 saturated heterocycles. The van der Waals surface area contributed by atoms with Crippen molar-refractivity contribution in [1.82, 2.24) is 10.3 Å². The molecule has 1 aromatic heterocycles. The van der Waals surface area contributed by atoms with Crippen molar-refractivity contribution < 1.29 is 4.79 Å². The topological polar surface area (TPSA) is 54.0 Å². The van der Waals surface area contributed by atoms with Crippen molar-refractivity contribution in [2.45, 2.75) is 50.5 Å². The molecule has 2 aliphatic rings. The zero-order chi connectivity index (χ0) is 12.4. The van der Waals surface area contributed by atoms with Crippen LogP contribution < -0.4 is 10.6 Å². The normalized spacial score (nSPS) is 23.2. The van der Waals surface area contributed by atoms with Crippen molar-refractivity contribution in [1.29, 1.82) is 0 Å². The van der Waals surface area contributed by atoms with Crippen LogP contribution in [-0.4, -0.2) is 23.5 Å². The zero-order valence-electron chi connectivity index (χ0n) is 10.4. The van der Waals surface area contributed by atoms with Crippen LogP contribution in [0.1, 0.15) is 50.1 Å². The molecule has 0 bridgehead atoms. The third-order valence-corrected chi connectivity index (χ3v) is 4.42. The fourth-order valence-electron chi connectivity index (χ4n) is 2.40. The number of rotatable bonds is 5. The second kappa shape index (κ2) is 5.36. The maximum atomic E-state index is 11.8. The summed E-state index contributed by atoms with van der Waals surface area (Å²) in [6, 6.07) is 0.536. The molecule has 2 fully saturated rings. The number of anilines is 1. The third-order valence-electron chi connectivity index (χ3n) is 3.65. The Bertz CT molecular complexity index is 422. The molecule has 1 aliphatic heterocycles. The standard InChI is InChI=1S/C13H19N3OS/c17-12(6-5-10-2-1-7-14-10)16-13-15-11(8-18-13)9-3-4-9/h8-10,14H,1-7H2,(H,15,16,17). The monoisotopic (exact) mass is 265 g/mol. The zero-order valence-corrected chi connectivity index (χ0v) is 11.3. The van der Waals surface area contributed by atoms with Crippen LogP contribution in [0.4, 0.5) is 5.13 Å². The lowest BCUT2D eigenvalue weighted by atomic mass is 10.1. The highest BCUT2D eigenvalue weighted by Crippen LogP contribution is 2.40. The number of hydrogen-bond acceptors (Lipinski definition) is 4. The molecule has 0 aromatic carbocycles. The lowest BCUT2D eigenvalue weighted by molar-refractivity contribution is -0.116. The summed E-state index contributed by atoms with van der Waals surface area (Å²) in [4.78, 5) is 16.3. The van der Waals surface area contributed by atoms with E-state index in [1.54, 1.807) is 11.3 Å². The predicted molar refractivity (Wildman–Crippen MR) is 73.0 cm³/mol. The first kappa shape index (κ1) is 12.1. The van der Waals surface area contributed by atoms with Gasteiger partial charge in [0.2, 0.25) is 5.91 Å². The Morgan fingerprint density at radius 3 is 3.11 bits per heavy atom. The van der Waals surface area contributed by atoms with E-state index in [0.29, 0.717) is 18.4 Å². The lowest BCUT2D eigenvalue weighted by Crippen LogP contribution is -2.23. The minimum Gasteiger partial charge on any atom is -0.314 e. The van der Waals surface area contributed by atoms with E-state index >= 15 is 0 Å². The summed E-state index contributed by atoms with van der Waals surface area (Å²) in [5.74, 6) is 0.759. The van der Waals surface area contributed by atoms with Crippen LogP contribution in [-0.2, 0) is 4.79 Å². The van der Waals surface area contributed by atoms with Gasteiger partial charge in [0.25, 0.3) is 0 Å². The highest BCUT2D eigenvalue weighted by Gasteiger charge is 2.26. The molecule has 5 heteroatoms. The Balaban J connectivity index is 1.44. The molecule has 98 valence electrons. The first-order valence-electron chi connectivity index (χ1n) is 6.80. The van der Waals surface area contributed by atoms with Crippen molar-refractivity contribution >= 4 is 22.4 Å². The maximum absolute atomic E-state index is 11.8. The Hall–Kier alpha value is -0.940. The fraction of sp³-hybridized carbons (Fsp3) is 0.692. The smallest absolute Gasteiger partial charge is 0.226 e. The van der Waals surface area contributed by atoms with Gasteiger partial charge in [-0.25, -0.2) is 4.98 Å². The number of hydrogen-bond donors (Lipinski definition) is 2. The summed E-state index contributed by atoms with van der Waals surface area (Å²) in [6.07, 6.45) is 6.48. The van der Waals surface area contributed by atoms with Gasteiger partial charge in [-0.15, -0.1) is 11.3 Å². The first-order chi connectivity index (χ1) is 8.81. The average Bonchev–Trinajstić information content (AvgIpc) is 2.90. The molecule has 1 amide bonds. The van der Waals surface area contributed by atoms with Crippen LogP contribution in [0, 0.1) is 0 Å². The summed E-state index contributed by atoms with van der Waals surface area (Å²) < 4.78 is 0. The van der Waals surface area contributed by atoms with Gasteiger partial charge in [0.05, 0.1) is 5.69 Å². The molecule has 2 N–H and O–H groups in total. The Morgan fingerprint density at radius 1 is 1.50 bits per heavy atom. The van der Waals surface area contributed by atoms with Gasteiger partial charge in [0.15, 0.2) is 5.13 Å². The molecule has 1 unspecified atom stereocenters. The number of thiazole rings is 1. The van der Waals surface area contributed by atoms with Crippen LogP contribution in [0.2, 0.25) is 0 Å². The van der Waals surface area contributed by atoms with Crippen LogP contribution >= 0.6 is 11.3 Å². The summed E-state index contributed by atoms with van der Waals surface area (Å²) in [6.45, 7) is 1.10. The molecule has 2 heterocycles. The van der Waals surface area contributed by atoms with Gasteiger partial charge in [-0.2, -0.15) is 0 Å². The van der Waals surface area contributed by atoms with Gasteiger partial charge in [0, 0.05) is 23.8 Å². The van der Waals surface area contributed by atoms with E-state index in [4.69, 9.17) is 0 Å². The molecule has 0 spiro atoms. The van der Waals surface area contributed by atoms with E-state index in [1.165, 1.54) is 25.7 Å². The van der Waals surface area contributed by atoms with Gasteiger partial charge >= 0.3 is 0 Å². The molecule has 1 atom stereocenters. The van der Waals surface area contributed by atoms with Crippen molar-refractivity contribution in [3.05, 3.63) is 11.1 Å². The third kappa shape index (κ3) is 3.09. The average molecular weight is 265 g/mol. The number of nitrogens with one attached hydrogen (secondary N) is 2. The maximum Gasteiger partial charge on any atom is 0.226 e. The van der Waals surface area contributed by atoms with Crippen LogP contribution in [0.25, 0.3) is 0 Å². The second-order valence-corrected chi connectivity index (χ2v) is 6.09. The summed E-state index contributed by atoms with van der Waals surface area (Å²) in [5, 5.41) is 9.16. The van der Waals surface area contributed by atoms with Crippen molar-refractivity contribution in [3.8, 4) is 0 Å². The minimum absolute atomic E-state index is 0.0976. The summed E-state index contributed by atoms with van der Waals surface area (Å²) in [7, 11) is 0. The molecule has 1 aliphatic carbocycles. The van der Waals surface area contributed by atoms with Gasteiger partial charge < -0.3 is 10.6 Å². The fourth-order valence-corrected chi connectivity index (χ4v) is 3.21. The lowest BCUT2D eigenvalue weighted by Gasteiger charge is -2.08. The number of carbonyl (C=O) groups excluding carboxylic acids is 1. The summed E-state index contributed by atoms with van der Waals surface area (Å²) in [5.41, 5.74) is 1.16. The quantitative estimate of drug-likeness (QED) is 0.860. The molecular weight excluding hydrogens is 246 g/mol. The number of amides is 1. The van der Waals surface area contributed by atoms with Crippen LogP contribution in [0.3, 0.4) is 0 Å². The Kier molecular flexibility index (Phi) is 3.61. The van der Waals surface area contributed by atoms with Crippen molar-refractivity contribution in [2.75, 3.05) is 11.9 Å². The number of aromatic nitrogens is 1. The molecule has 4 nitrogen and oxygen atoms in total. The highest BCUT2D eigenvalue weighted by molar-refractivity contribution is 7.13. The van der Waals surface area contributed by atoms with Gasteiger partial charge in [0.1, 0.15) is 0 Å². The Labute approximate surface area is 111 Å². The largest absolute Gasteiger partial charge is 0.314 e. The van der Waals surface area contributed by atoms with E-state index < -0.39 is 0 Å². The molecule has 18 heavy (non-hydrogen) atoms. The number of nitrogens with zero attached hydrogens (tertiary/aromatic N) is 1. The van der Waals surface area contributed by atoms with Crippen molar-refractivity contribution in [2.24, 2.45) is 0 Å². The van der Waals surface area contributed by atoms with E-state index in [2.05, 4.69) is 21.0 Å². The van der Waals surface area contributed by atoms with E-state index in [0.717, 1.165) is 23.8 Å². The molecule has 0 radical (unpaired) electrons. The van der Waals surface area contributed by atoms with E-state index in [9.17, 15) is 4.79 Å². The van der Waals surface area contributed by atoms with E-state index in [1.807, 2.05) is 0 Å². The number of carbonyl (C=O) groups is 1. The van der Waals surface area contributed by atoms with Gasteiger partial charge in [-0.1, -0.05) is 0 Å². The summed E-state index contributed by atoms with van der Waals surface area (Å²) >= 11 is 1.55. The SMILES string of the molecule is O=C(CCC1CCCN1)Nc1nc(C2CC2)cs1. The first-order valence-corrected chi connectivity index (χ1v) is 7.68. The van der Waals surface area contributed by atoms with Crippen LogP contribution in [0.15, 0.2) is 5.38 Å².